The fraction of sp³-hybridized carbons (Fsp3) is 0.259. The van der Waals surface area contributed by atoms with Crippen LogP contribution in [0.1, 0.15) is 23.6 Å². The number of amides is 2. The maximum atomic E-state index is 13.5. The van der Waals surface area contributed by atoms with Crippen LogP contribution in [0.25, 0.3) is 0 Å². The van der Waals surface area contributed by atoms with Gasteiger partial charge in [-0.2, -0.15) is 0 Å². The van der Waals surface area contributed by atoms with Gasteiger partial charge in [0.2, 0.25) is 5.91 Å². The zero-order valence-electron chi connectivity index (χ0n) is 19.3. The Balaban J connectivity index is 1.92. The first kappa shape index (κ1) is 25.6. The molecule has 34 heavy (non-hydrogen) atoms. The quantitative estimate of drug-likeness (QED) is 0.403. The number of rotatable bonds is 10. The molecule has 0 heterocycles. The smallest absolute Gasteiger partial charge is 0.261 e. The van der Waals surface area contributed by atoms with Crippen LogP contribution in [0.5, 0.6) is 5.75 Å². The van der Waals surface area contributed by atoms with Crippen LogP contribution in [0.3, 0.4) is 0 Å². The number of nitrogens with one attached hydrogen (secondary N) is 1. The molecule has 3 rings (SSSR count). The van der Waals surface area contributed by atoms with E-state index in [1.807, 2.05) is 62.4 Å². The summed E-state index contributed by atoms with van der Waals surface area (Å²) in [6.45, 7) is 4.18. The number of halogens is 2. The van der Waals surface area contributed by atoms with Crippen molar-refractivity contribution in [3.63, 3.8) is 0 Å². The number of aryl methyl sites for hydroxylation is 1. The Labute approximate surface area is 210 Å². The van der Waals surface area contributed by atoms with Crippen LogP contribution < -0.4 is 10.1 Å². The van der Waals surface area contributed by atoms with E-state index in [-0.39, 0.29) is 25.0 Å². The van der Waals surface area contributed by atoms with E-state index in [2.05, 4.69) is 5.32 Å². The molecule has 0 bridgehead atoms. The molecule has 3 aromatic carbocycles. The van der Waals surface area contributed by atoms with Gasteiger partial charge in [-0.15, -0.1) is 0 Å². The number of carbonyl (C=O) groups is 2. The molecule has 0 saturated heterocycles. The second-order valence-electron chi connectivity index (χ2n) is 7.96. The summed E-state index contributed by atoms with van der Waals surface area (Å²) in [5.74, 6) is 0.0375. The van der Waals surface area contributed by atoms with Crippen molar-refractivity contribution in [3.05, 3.63) is 99.5 Å². The van der Waals surface area contributed by atoms with Gasteiger partial charge in [0, 0.05) is 29.6 Å². The number of carbonyl (C=O) groups excluding carboxylic acids is 2. The third-order valence-electron chi connectivity index (χ3n) is 5.33. The molecule has 0 aromatic heterocycles. The van der Waals surface area contributed by atoms with Crippen LogP contribution in [0.15, 0.2) is 72.8 Å². The Kier molecular flexibility index (Phi) is 9.37. The minimum Gasteiger partial charge on any atom is -0.484 e. The fourth-order valence-electron chi connectivity index (χ4n) is 3.61. The average molecular weight is 499 g/mol. The van der Waals surface area contributed by atoms with Gasteiger partial charge < -0.3 is 15.0 Å². The molecule has 0 fully saturated rings. The highest BCUT2D eigenvalue weighted by Crippen LogP contribution is 2.24. The molecular weight excluding hydrogens is 471 g/mol. The Morgan fingerprint density at radius 1 is 1.00 bits per heavy atom. The second kappa shape index (κ2) is 12.4. The zero-order valence-corrected chi connectivity index (χ0v) is 20.8. The van der Waals surface area contributed by atoms with Crippen LogP contribution in [-0.4, -0.2) is 35.9 Å². The van der Waals surface area contributed by atoms with Crippen molar-refractivity contribution in [2.45, 2.75) is 32.9 Å². The highest BCUT2D eigenvalue weighted by atomic mass is 35.5. The van der Waals surface area contributed by atoms with E-state index in [4.69, 9.17) is 27.9 Å². The summed E-state index contributed by atoms with van der Waals surface area (Å²) in [7, 11) is 0. The first-order valence-corrected chi connectivity index (χ1v) is 11.9. The van der Waals surface area contributed by atoms with Gasteiger partial charge in [0.05, 0.1) is 0 Å². The van der Waals surface area contributed by atoms with Crippen LogP contribution in [0.2, 0.25) is 10.0 Å². The first-order valence-electron chi connectivity index (χ1n) is 11.1. The van der Waals surface area contributed by atoms with Gasteiger partial charge in [0.15, 0.2) is 6.61 Å². The molecule has 0 aliphatic rings. The summed E-state index contributed by atoms with van der Waals surface area (Å²) >= 11 is 12.5. The number of benzene rings is 3. The van der Waals surface area contributed by atoms with Crippen LogP contribution in [-0.2, 0) is 22.6 Å². The Hall–Kier alpha value is -3.02. The predicted octanol–water partition coefficient (Wildman–Crippen LogP) is 5.46. The van der Waals surface area contributed by atoms with Gasteiger partial charge in [0.1, 0.15) is 11.8 Å². The Bertz CT molecular complexity index is 1120. The lowest BCUT2D eigenvalue weighted by molar-refractivity contribution is -0.142. The largest absolute Gasteiger partial charge is 0.484 e. The van der Waals surface area contributed by atoms with E-state index in [0.717, 1.165) is 11.1 Å². The Morgan fingerprint density at radius 2 is 1.76 bits per heavy atom. The summed E-state index contributed by atoms with van der Waals surface area (Å²) in [5, 5.41) is 3.79. The zero-order chi connectivity index (χ0) is 24.5. The van der Waals surface area contributed by atoms with Crippen molar-refractivity contribution in [1.82, 2.24) is 10.2 Å². The summed E-state index contributed by atoms with van der Waals surface area (Å²) < 4.78 is 5.78. The first-order chi connectivity index (χ1) is 16.4. The summed E-state index contributed by atoms with van der Waals surface area (Å²) in [6.07, 6.45) is 0.355. The van der Waals surface area contributed by atoms with Crippen molar-refractivity contribution < 1.29 is 14.3 Å². The van der Waals surface area contributed by atoms with E-state index < -0.39 is 6.04 Å². The summed E-state index contributed by atoms with van der Waals surface area (Å²) in [5.41, 5.74) is 2.66. The molecule has 7 heteroatoms. The molecule has 1 atom stereocenters. The molecule has 1 N–H and O–H groups in total. The number of hydrogen-bond donors (Lipinski definition) is 1. The van der Waals surface area contributed by atoms with Crippen molar-refractivity contribution in [3.8, 4) is 5.75 Å². The number of nitrogens with zero attached hydrogens (tertiary/aromatic N) is 1. The average Bonchev–Trinajstić information content (AvgIpc) is 2.82. The number of ether oxygens (including phenoxy) is 1. The van der Waals surface area contributed by atoms with Crippen molar-refractivity contribution in [2.24, 2.45) is 0 Å². The topological polar surface area (TPSA) is 58.6 Å². The molecule has 178 valence electrons. The summed E-state index contributed by atoms with van der Waals surface area (Å²) in [4.78, 5) is 28.1. The highest BCUT2D eigenvalue weighted by molar-refractivity contribution is 6.35. The van der Waals surface area contributed by atoms with E-state index >= 15 is 0 Å². The molecule has 3 aromatic rings. The highest BCUT2D eigenvalue weighted by Gasteiger charge is 2.31. The second-order valence-corrected chi connectivity index (χ2v) is 8.81. The molecule has 0 spiro atoms. The number of likely N-dealkylation sites (N-methyl/N-ethyl adjacent to an activating group) is 1. The van der Waals surface area contributed by atoms with E-state index in [1.54, 1.807) is 24.3 Å². The fourth-order valence-corrected chi connectivity index (χ4v) is 4.08. The van der Waals surface area contributed by atoms with Crippen molar-refractivity contribution in [2.75, 3.05) is 13.2 Å². The molecule has 2 amide bonds. The standard InChI is InChI=1S/C27H28Cl2N2O3/c1-3-30-27(33)25(15-20-9-5-4-6-10-20)31(17-21-12-13-22(28)16-24(21)29)26(32)18-34-23-11-7-8-19(2)14-23/h4-14,16,25H,3,15,17-18H2,1-2H3,(H,30,33)/t25-/m0/s1. The van der Waals surface area contributed by atoms with Gasteiger partial charge in [-0.1, -0.05) is 71.7 Å². The molecular formula is C27H28Cl2N2O3. The molecule has 0 unspecified atom stereocenters. The van der Waals surface area contributed by atoms with Gasteiger partial charge in [-0.3, -0.25) is 9.59 Å². The van der Waals surface area contributed by atoms with Gasteiger partial charge in [-0.05, 0) is 54.8 Å². The molecule has 5 nitrogen and oxygen atoms in total. The SMILES string of the molecule is CCNC(=O)[C@H](Cc1ccccc1)N(Cc1ccc(Cl)cc1Cl)C(=O)COc1cccc(C)c1. The molecule has 0 saturated carbocycles. The maximum Gasteiger partial charge on any atom is 0.261 e. The lowest BCUT2D eigenvalue weighted by Crippen LogP contribution is -2.51. The number of hydrogen-bond acceptors (Lipinski definition) is 3. The molecule has 0 aliphatic heterocycles. The van der Waals surface area contributed by atoms with Crippen LogP contribution in [0, 0.1) is 6.92 Å². The van der Waals surface area contributed by atoms with Crippen molar-refractivity contribution >= 4 is 35.0 Å². The lowest BCUT2D eigenvalue weighted by atomic mass is 10.0. The minimum absolute atomic E-state index is 0.140. The normalized spacial score (nSPS) is 11.5. The third kappa shape index (κ3) is 7.24. The van der Waals surface area contributed by atoms with Crippen LogP contribution >= 0.6 is 23.2 Å². The predicted molar refractivity (Wildman–Crippen MR) is 136 cm³/mol. The van der Waals surface area contributed by atoms with Crippen molar-refractivity contribution in [1.29, 1.82) is 0 Å². The minimum atomic E-state index is -0.747. The van der Waals surface area contributed by atoms with Gasteiger partial charge in [0.25, 0.3) is 5.91 Å². The lowest BCUT2D eigenvalue weighted by Gasteiger charge is -2.31. The third-order valence-corrected chi connectivity index (χ3v) is 5.92. The van der Waals surface area contributed by atoms with E-state index in [1.165, 1.54) is 4.90 Å². The van der Waals surface area contributed by atoms with Gasteiger partial charge in [-0.25, -0.2) is 0 Å². The monoisotopic (exact) mass is 498 g/mol. The maximum absolute atomic E-state index is 13.5. The van der Waals surface area contributed by atoms with Crippen LogP contribution in [0.4, 0.5) is 0 Å². The molecule has 0 radical (unpaired) electrons. The molecule has 0 aliphatic carbocycles. The Morgan fingerprint density at radius 3 is 2.44 bits per heavy atom. The van der Waals surface area contributed by atoms with E-state index in [0.29, 0.717) is 34.3 Å². The van der Waals surface area contributed by atoms with Gasteiger partial charge >= 0.3 is 0 Å². The van der Waals surface area contributed by atoms with E-state index in [9.17, 15) is 9.59 Å². The summed E-state index contributed by atoms with van der Waals surface area (Å²) in [6, 6.07) is 21.5.